The van der Waals surface area contributed by atoms with Crippen molar-refractivity contribution in [2.75, 3.05) is 28.4 Å². The Morgan fingerprint density at radius 1 is 0.833 bits per heavy atom. The number of hydrogen-bond acceptors (Lipinski definition) is 5. The number of methoxy groups -OCH3 is 4. The van der Waals surface area contributed by atoms with Crippen molar-refractivity contribution in [1.29, 1.82) is 0 Å². The molecule has 1 unspecified atom stereocenters. The fourth-order valence-corrected chi connectivity index (χ4v) is 4.01. The largest absolute Gasteiger partial charge is 0.493 e. The van der Waals surface area contributed by atoms with E-state index in [1.165, 1.54) is 0 Å². The molecule has 1 heterocycles. The second-order valence-electron chi connectivity index (χ2n) is 6.87. The fourth-order valence-electron chi connectivity index (χ4n) is 3.86. The smallest absolute Gasteiger partial charge is 0.217 e. The van der Waals surface area contributed by atoms with Gasteiger partial charge in [0.15, 0.2) is 11.5 Å². The van der Waals surface area contributed by atoms with Crippen LogP contribution < -0.4 is 18.9 Å². The molecule has 5 nitrogen and oxygen atoms in total. The van der Waals surface area contributed by atoms with Gasteiger partial charge in [0.1, 0.15) is 0 Å². The molecule has 0 aliphatic carbocycles. The molecule has 0 aliphatic rings. The van der Waals surface area contributed by atoms with Gasteiger partial charge in [0.05, 0.1) is 33.5 Å². The number of nitrogens with zero attached hydrogens (tertiary/aromatic N) is 1. The Morgan fingerprint density at radius 2 is 1.50 bits per heavy atom. The van der Waals surface area contributed by atoms with Crippen LogP contribution in [0.15, 0.2) is 42.6 Å². The summed E-state index contributed by atoms with van der Waals surface area (Å²) in [5.74, 6) is 2.01. The summed E-state index contributed by atoms with van der Waals surface area (Å²) in [5.41, 5.74) is 4.75. The zero-order chi connectivity index (χ0) is 21.8. The van der Waals surface area contributed by atoms with Crippen molar-refractivity contribution < 1.29 is 18.9 Å². The Kier molecular flexibility index (Phi) is 6.73. The van der Waals surface area contributed by atoms with Crippen molar-refractivity contribution >= 4 is 11.6 Å². The Balaban J connectivity index is 2.45. The van der Waals surface area contributed by atoms with Crippen molar-refractivity contribution in [3.8, 4) is 23.1 Å². The van der Waals surface area contributed by atoms with Crippen LogP contribution in [-0.2, 0) is 0 Å². The number of pyridine rings is 1. The van der Waals surface area contributed by atoms with Crippen molar-refractivity contribution in [3.05, 3.63) is 75.4 Å². The first-order valence-corrected chi connectivity index (χ1v) is 9.89. The van der Waals surface area contributed by atoms with E-state index < -0.39 is 0 Å². The van der Waals surface area contributed by atoms with Gasteiger partial charge in [0, 0.05) is 23.2 Å². The quantitative estimate of drug-likeness (QED) is 0.493. The number of ether oxygens (including phenoxy) is 4. The Bertz CT molecular complexity index is 1040. The minimum atomic E-state index is -0.248. The van der Waals surface area contributed by atoms with Crippen LogP contribution in [0.5, 0.6) is 23.1 Å². The molecule has 0 spiro atoms. The summed E-state index contributed by atoms with van der Waals surface area (Å²) in [4.78, 5) is 4.44. The number of halogens is 1. The van der Waals surface area contributed by atoms with Crippen molar-refractivity contribution in [3.63, 3.8) is 0 Å². The molecule has 2 aromatic carbocycles. The zero-order valence-corrected chi connectivity index (χ0v) is 18.8. The van der Waals surface area contributed by atoms with Crippen LogP contribution >= 0.6 is 11.6 Å². The van der Waals surface area contributed by atoms with Gasteiger partial charge in [-0.25, -0.2) is 4.98 Å². The third-order valence-corrected chi connectivity index (χ3v) is 5.65. The second-order valence-corrected chi connectivity index (χ2v) is 7.28. The van der Waals surface area contributed by atoms with Gasteiger partial charge in [0.2, 0.25) is 11.6 Å². The predicted octanol–water partition coefficient (Wildman–Crippen LogP) is 5.57. The normalized spacial score (nSPS) is 11.7. The number of benzene rings is 2. The highest BCUT2D eigenvalue weighted by molar-refractivity contribution is 6.31. The lowest BCUT2D eigenvalue weighted by Crippen LogP contribution is -2.13. The van der Waals surface area contributed by atoms with E-state index in [-0.39, 0.29) is 5.92 Å². The first kappa shape index (κ1) is 21.8. The van der Waals surface area contributed by atoms with Crippen LogP contribution in [0.4, 0.5) is 0 Å². The summed E-state index contributed by atoms with van der Waals surface area (Å²) in [6.45, 7) is 4.00. The molecule has 0 amide bonds. The van der Waals surface area contributed by atoms with E-state index in [0.717, 1.165) is 27.8 Å². The van der Waals surface area contributed by atoms with Gasteiger partial charge in [-0.1, -0.05) is 41.9 Å². The maximum Gasteiger partial charge on any atom is 0.217 e. The molecule has 3 rings (SSSR count). The highest BCUT2D eigenvalue weighted by Gasteiger charge is 2.31. The van der Waals surface area contributed by atoms with Gasteiger partial charge in [-0.05, 0) is 36.6 Å². The number of rotatable bonds is 7. The van der Waals surface area contributed by atoms with Gasteiger partial charge >= 0.3 is 0 Å². The number of aryl methyl sites for hydroxylation is 1. The molecule has 1 atom stereocenters. The molecular weight excluding hydrogens is 402 g/mol. The Labute approximate surface area is 182 Å². The minimum absolute atomic E-state index is 0.248. The lowest BCUT2D eigenvalue weighted by Gasteiger charge is -2.27. The van der Waals surface area contributed by atoms with Gasteiger partial charge < -0.3 is 18.9 Å². The number of aromatic nitrogens is 1. The van der Waals surface area contributed by atoms with E-state index in [9.17, 15) is 0 Å². The minimum Gasteiger partial charge on any atom is -0.493 e. The van der Waals surface area contributed by atoms with E-state index in [1.807, 2.05) is 38.1 Å². The molecule has 3 aromatic rings. The van der Waals surface area contributed by atoms with E-state index >= 15 is 0 Å². The molecule has 6 heteroatoms. The van der Waals surface area contributed by atoms with E-state index in [1.54, 1.807) is 34.6 Å². The van der Waals surface area contributed by atoms with Gasteiger partial charge in [0.25, 0.3) is 0 Å². The summed E-state index contributed by atoms with van der Waals surface area (Å²) in [6.07, 6.45) is 1.61. The second kappa shape index (κ2) is 9.26. The molecule has 30 heavy (non-hydrogen) atoms. The summed E-state index contributed by atoms with van der Waals surface area (Å²) in [7, 11) is 6.45. The van der Waals surface area contributed by atoms with Crippen LogP contribution in [0.1, 0.15) is 33.7 Å². The molecule has 0 aliphatic heterocycles. The highest BCUT2D eigenvalue weighted by Crippen LogP contribution is 2.50. The van der Waals surface area contributed by atoms with E-state index in [2.05, 4.69) is 17.1 Å². The average Bonchev–Trinajstić information content (AvgIpc) is 2.77. The molecule has 0 saturated heterocycles. The monoisotopic (exact) mass is 427 g/mol. The molecule has 158 valence electrons. The van der Waals surface area contributed by atoms with Gasteiger partial charge in [-0.15, -0.1) is 0 Å². The van der Waals surface area contributed by atoms with Crippen LogP contribution in [0.2, 0.25) is 5.02 Å². The molecule has 0 fully saturated rings. The maximum absolute atomic E-state index is 6.49. The lowest BCUT2D eigenvalue weighted by atomic mass is 9.81. The maximum atomic E-state index is 6.49. The molecule has 0 radical (unpaired) electrons. The topological polar surface area (TPSA) is 49.8 Å². The SMILES string of the molecule is COc1cc(C)c(C(c2ccccc2)c2c(OC)ncc(Cl)c2C)c(OC)c1OC. The molecule has 0 bridgehead atoms. The van der Waals surface area contributed by atoms with Gasteiger partial charge in [-0.2, -0.15) is 0 Å². The summed E-state index contributed by atoms with van der Waals surface area (Å²) in [5, 5.41) is 0.573. The Morgan fingerprint density at radius 3 is 2.07 bits per heavy atom. The first-order chi connectivity index (χ1) is 14.5. The molecule has 1 aromatic heterocycles. The first-order valence-electron chi connectivity index (χ1n) is 9.51. The highest BCUT2D eigenvalue weighted by atomic mass is 35.5. The molecule has 0 N–H and O–H groups in total. The van der Waals surface area contributed by atoms with Gasteiger partial charge in [-0.3, -0.25) is 0 Å². The van der Waals surface area contributed by atoms with Crippen molar-refractivity contribution in [2.45, 2.75) is 19.8 Å². The van der Waals surface area contributed by atoms with Crippen LogP contribution in [0, 0.1) is 13.8 Å². The Hall–Kier alpha value is -2.92. The molecular formula is C24H26ClNO4. The molecule has 0 saturated carbocycles. The van der Waals surface area contributed by atoms with E-state index in [0.29, 0.717) is 28.2 Å². The lowest BCUT2D eigenvalue weighted by molar-refractivity contribution is 0.321. The standard InChI is InChI=1S/C24H26ClNO4/c1-14-12-18(27-3)22(28-4)23(29-5)19(14)21(16-10-8-7-9-11-16)20-15(2)17(25)13-26-24(20)30-6/h7-13,21H,1-6H3. The van der Waals surface area contributed by atoms with E-state index in [4.69, 9.17) is 30.5 Å². The zero-order valence-electron chi connectivity index (χ0n) is 18.1. The van der Waals surface area contributed by atoms with Crippen molar-refractivity contribution in [2.24, 2.45) is 0 Å². The van der Waals surface area contributed by atoms with Crippen LogP contribution in [0.25, 0.3) is 0 Å². The number of hydrogen-bond donors (Lipinski definition) is 0. The average molecular weight is 428 g/mol. The fraction of sp³-hybridized carbons (Fsp3) is 0.292. The van der Waals surface area contributed by atoms with Crippen LogP contribution in [-0.4, -0.2) is 33.4 Å². The third-order valence-electron chi connectivity index (χ3n) is 5.27. The summed E-state index contributed by atoms with van der Waals surface area (Å²) >= 11 is 6.49. The summed E-state index contributed by atoms with van der Waals surface area (Å²) in [6, 6.07) is 12.1. The third kappa shape index (κ3) is 3.77. The van der Waals surface area contributed by atoms with Crippen LogP contribution in [0.3, 0.4) is 0 Å². The van der Waals surface area contributed by atoms with Crippen molar-refractivity contribution in [1.82, 2.24) is 4.98 Å². The summed E-state index contributed by atoms with van der Waals surface area (Å²) < 4.78 is 22.7. The predicted molar refractivity (Wildman–Crippen MR) is 119 cm³/mol.